The van der Waals surface area contributed by atoms with Crippen LogP contribution < -0.4 is 15.0 Å². The summed E-state index contributed by atoms with van der Waals surface area (Å²) in [5.74, 6) is 0.387. The van der Waals surface area contributed by atoms with Gasteiger partial charge in [-0.25, -0.2) is 9.78 Å². The molecule has 0 N–H and O–H groups in total. The smallest absolute Gasteiger partial charge is 0.338 e. The fraction of sp³-hybridized carbons (Fsp3) is 0.167. The minimum atomic E-state index is -0.552. The molecule has 0 fully saturated rings. The third-order valence-corrected chi connectivity index (χ3v) is 4.12. The molecule has 134 valence electrons. The largest absolute Gasteiger partial charge is 0.493 e. The van der Waals surface area contributed by atoms with E-state index in [9.17, 15) is 9.59 Å². The molecule has 0 atom stereocenters. The molecule has 0 bridgehead atoms. The van der Waals surface area contributed by atoms with Crippen LogP contribution in [-0.4, -0.2) is 29.6 Å². The number of aromatic nitrogens is 2. The number of hydrogen-bond donors (Lipinski definition) is 0. The van der Waals surface area contributed by atoms with Gasteiger partial charge in [0, 0.05) is 16.7 Å². The summed E-state index contributed by atoms with van der Waals surface area (Å²) in [4.78, 5) is 28.7. The zero-order chi connectivity index (χ0) is 18.7. The minimum Gasteiger partial charge on any atom is -0.493 e. The second-order valence-electron chi connectivity index (χ2n) is 5.31. The van der Waals surface area contributed by atoms with Gasteiger partial charge >= 0.3 is 5.97 Å². The van der Waals surface area contributed by atoms with Crippen LogP contribution in [0.3, 0.4) is 0 Å². The van der Waals surface area contributed by atoms with E-state index in [0.717, 1.165) is 4.47 Å². The van der Waals surface area contributed by atoms with Gasteiger partial charge in [-0.3, -0.25) is 9.20 Å². The maximum atomic E-state index is 12.2. The number of carbonyl (C=O) groups excluding carboxylic acids is 1. The second-order valence-corrected chi connectivity index (χ2v) is 6.22. The van der Waals surface area contributed by atoms with E-state index in [1.54, 1.807) is 30.5 Å². The molecule has 0 spiro atoms. The molecular weight excluding hydrogens is 404 g/mol. The molecule has 3 aromatic rings. The van der Waals surface area contributed by atoms with Crippen LogP contribution in [0.25, 0.3) is 5.65 Å². The molecule has 0 amide bonds. The Hall–Kier alpha value is -2.87. The highest BCUT2D eigenvalue weighted by Gasteiger charge is 2.13. The van der Waals surface area contributed by atoms with Gasteiger partial charge in [-0.2, -0.15) is 0 Å². The highest BCUT2D eigenvalue weighted by atomic mass is 79.9. The van der Waals surface area contributed by atoms with Gasteiger partial charge in [0.1, 0.15) is 12.3 Å². The third-order valence-electron chi connectivity index (χ3n) is 3.65. The number of carbonyl (C=O) groups is 1. The molecule has 3 rings (SSSR count). The predicted octanol–water partition coefficient (Wildman–Crippen LogP) is 2.83. The zero-order valence-corrected chi connectivity index (χ0v) is 15.6. The quantitative estimate of drug-likeness (QED) is 0.592. The lowest BCUT2D eigenvalue weighted by Gasteiger charge is -2.10. The lowest BCUT2D eigenvalue weighted by atomic mass is 10.2. The predicted molar refractivity (Wildman–Crippen MR) is 97.8 cm³/mol. The first-order chi connectivity index (χ1) is 12.5. The number of methoxy groups -OCH3 is 2. The van der Waals surface area contributed by atoms with Crippen LogP contribution in [0, 0.1) is 0 Å². The van der Waals surface area contributed by atoms with Crippen molar-refractivity contribution in [2.24, 2.45) is 0 Å². The van der Waals surface area contributed by atoms with Gasteiger partial charge < -0.3 is 14.2 Å². The Morgan fingerprint density at radius 1 is 1.12 bits per heavy atom. The number of fused-ring (bicyclic) bond motifs is 1. The number of hydrogen-bond acceptors (Lipinski definition) is 6. The fourth-order valence-electron chi connectivity index (χ4n) is 2.39. The Bertz CT molecular complexity index is 1030. The molecule has 8 heteroatoms. The number of ether oxygens (including phenoxy) is 3. The third kappa shape index (κ3) is 3.70. The lowest BCUT2D eigenvalue weighted by molar-refractivity contribution is 0.0467. The number of halogens is 1. The van der Waals surface area contributed by atoms with Gasteiger partial charge in [0.25, 0.3) is 5.56 Å². The van der Waals surface area contributed by atoms with Crippen molar-refractivity contribution in [2.45, 2.75) is 6.61 Å². The summed E-state index contributed by atoms with van der Waals surface area (Å²) < 4.78 is 17.7. The SMILES string of the molecule is COc1ccc(C(=O)OCc2cc(=O)n3cc(Br)ccc3n2)cc1OC. The molecule has 1 aromatic carbocycles. The topological polar surface area (TPSA) is 79.1 Å². The van der Waals surface area contributed by atoms with Crippen molar-refractivity contribution in [1.82, 2.24) is 9.38 Å². The number of benzene rings is 1. The first kappa shape index (κ1) is 17.9. The summed E-state index contributed by atoms with van der Waals surface area (Å²) in [5.41, 5.74) is 0.890. The number of nitrogens with zero attached hydrogens (tertiary/aromatic N) is 2. The first-order valence-electron chi connectivity index (χ1n) is 7.59. The van der Waals surface area contributed by atoms with E-state index in [1.807, 2.05) is 0 Å². The maximum absolute atomic E-state index is 12.2. The van der Waals surface area contributed by atoms with Crippen molar-refractivity contribution in [1.29, 1.82) is 0 Å². The van der Waals surface area contributed by atoms with Crippen LogP contribution in [0.1, 0.15) is 16.1 Å². The molecule has 7 nitrogen and oxygen atoms in total. The number of esters is 1. The van der Waals surface area contributed by atoms with E-state index in [0.29, 0.717) is 28.4 Å². The van der Waals surface area contributed by atoms with Crippen molar-refractivity contribution < 1.29 is 19.0 Å². The van der Waals surface area contributed by atoms with Gasteiger partial charge in [-0.1, -0.05) is 0 Å². The maximum Gasteiger partial charge on any atom is 0.338 e. The van der Waals surface area contributed by atoms with E-state index >= 15 is 0 Å². The summed E-state index contributed by atoms with van der Waals surface area (Å²) in [6.07, 6.45) is 1.63. The van der Waals surface area contributed by atoms with Crippen LogP contribution in [0.2, 0.25) is 0 Å². The van der Waals surface area contributed by atoms with E-state index in [-0.39, 0.29) is 12.2 Å². The number of rotatable bonds is 5. The molecule has 0 aliphatic rings. The molecule has 0 saturated carbocycles. The van der Waals surface area contributed by atoms with E-state index in [2.05, 4.69) is 20.9 Å². The van der Waals surface area contributed by atoms with Crippen LogP contribution in [-0.2, 0) is 11.3 Å². The standard InChI is InChI=1S/C18H15BrN2O5/c1-24-14-5-3-11(7-15(14)25-2)18(23)26-10-13-8-17(22)21-9-12(19)4-6-16(21)20-13/h3-9H,10H2,1-2H3. The summed E-state index contributed by atoms with van der Waals surface area (Å²) in [6, 6.07) is 9.53. The average Bonchev–Trinajstić information content (AvgIpc) is 2.66. The molecule has 26 heavy (non-hydrogen) atoms. The van der Waals surface area contributed by atoms with Crippen molar-refractivity contribution in [3.8, 4) is 11.5 Å². The van der Waals surface area contributed by atoms with Gasteiger partial charge in [-0.15, -0.1) is 0 Å². The number of pyridine rings is 1. The molecule has 0 saturated heterocycles. The molecule has 0 aliphatic heterocycles. The highest BCUT2D eigenvalue weighted by Crippen LogP contribution is 2.27. The molecule has 0 radical (unpaired) electrons. The van der Waals surface area contributed by atoms with E-state index in [4.69, 9.17) is 14.2 Å². The summed E-state index contributed by atoms with van der Waals surface area (Å²) in [6.45, 7) is -0.116. The van der Waals surface area contributed by atoms with Gasteiger partial charge in [0.2, 0.25) is 0 Å². The highest BCUT2D eigenvalue weighted by molar-refractivity contribution is 9.10. The van der Waals surface area contributed by atoms with Crippen molar-refractivity contribution in [3.63, 3.8) is 0 Å². The van der Waals surface area contributed by atoms with Crippen LogP contribution >= 0.6 is 15.9 Å². The van der Waals surface area contributed by atoms with Crippen molar-refractivity contribution >= 4 is 27.5 Å². The molecular formula is C18H15BrN2O5. The molecule has 0 unspecified atom stereocenters. The average molecular weight is 419 g/mol. The Labute approximate surface area is 157 Å². The van der Waals surface area contributed by atoms with E-state index < -0.39 is 5.97 Å². The van der Waals surface area contributed by atoms with Gasteiger partial charge in [0.05, 0.1) is 25.5 Å². The second kappa shape index (κ2) is 7.57. The fourth-order valence-corrected chi connectivity index (χ4v) is 2.72. The lowest BCUT2D eigenvalue weighted by Crippen LogP contribution is -2.16. The van der Waals surface area contributed by atoms with Crippen LogP contribution in [0.4, 0.5) is 0 Å². The Balaban J connectivity index is 1.78. The summed E-state index contributed by atoms with van der Waals surface area (Å²) in [5, 5.41) is 0. The minimum absolute atomic E-state index is 0.116. The monoisotopic (exact) mass is 418 g/mol. The summed E-state index contributed by atoms with van der Waals surface area (Å²) >= 11 is 3.31. The van der Waals surface area contributed by atoms with Gasteiger partial charge in [0.15, 0.2) is 11.5 Å². The van der Waals surface area contributed by atoms with Crippen molar-refractivity contribution in [2.75, 3.05) is 14.2 Å². The Morgan fingerprint density at radius 3 is 2.62 bits per heavy atom. The molecule has 2 aromatic heterocycles. The molecule has 0 aliphatic carbocycles. The van der Waals surface area contributed by atoms with Crippen molar-refractivity contribution in [3.05, 3.63) is 68.7 Å². The zero-order valence-electron chi connectivity index (χ0n) is 14.1. The Morgan fingerprint density at radius 2 is 1.88 bits per heavy atom. The van der Waals surface area contributed by atoms with Crippen LogP contribution in [0.15, 0.2) is 51.9 Å². The normalized spacial score (nSPS) is 10.6. The Kier molecular flexibility index (Phi) is 5.22. The molecule has 2 heterocycles. The summed E-state index contributed by atoms with van der Waals surface area (Å²) in [7, 11) is 3.00. The van der Waals surface area contributed by atoms with Gasteiger partial charge in [-0.05, 0) is 46.3 Å². The van der Waals surface area contributed by atoms with E-state index in [1.165, 1.54) is 30.8 Å². The first-order valence-corrected chi connectivity index (χ1v) is 8.38. The van der Waals surface area contributed by atoms with Crippen LogP contribution in [0.5, 0.6) is 11.5 Å².